The third-order valence-corrected chi connectivity index (χ3v) is 8.56. The van der Waals surface area contributed by atoms with Gasteiger partial charge in [-0.3, -0.25) is 4.57 Å². The second-order valence-electron chi connectivity index (χ2n) is 11.2. The van der Waals surface area contributed by atoms with Crippen LogP contribution in [0, 0.1) is 6.92 Å². The van der Waals surface area contributed by atoms with Gasteiger partial charge in [0.15, 0.2) is 0 Å². The summed E-state index contributed by atoms with van der Waals surface area (Å²) in [5.74, 6) is 1.09. The van der Waals surface area contributed by atoms with Crippen LogP contribution in [-0.4, -0.2) is 9.55 Å². The Morgan fingerprint density at radius 2 is 1.14 bits per heavy atom. The van der Waals surface area contributed by atoms with Crippen molar-refractivity contribution in [3.05, 3.63) is 145 Å². The highest BCUT2D eigenvalue weighted by Crippen LogP contribution is 2.44. The first-order chi connectivity index (χ1) is 20.7. The number of fused-ring (bicyclic) bond motifs is 4. The molecule has 1 heterocycles. The third-order valence-electron chi connectivity index (χ3n) is 8.56. The smallest absolute Gasteiger partial charge is 0.114 e. The molecule has 0 bridgehead atoms. The van der Waals surface area contributed by atoms with Crippen molar-refractivity contribution < 1.29 is 0 Å². The molecule has 2 nitrogen and oxygen atoms in total. The monoisotopic (exact) mass is 538 g/mol. The van der Waals surface area contributed by atoms with Crippen molar-refractivity contribution in [2.75, 3.05) is 0 Å². The third kappa shape index (κ3) is 3.83. The predicted octanol–water partition coefficient (Wildman–Crippen LogP) is 10.7. The Balaban J connectivity index is 1.34. The van der Waals surface area contributed by atoms with Crippen molar-refractivity contribution in [3.8, 4) is 27.9 Å². The normalized spacial score (nSPS) is 11.7. The zero-order chi connectivity index (χ0) is 28.2. The molecule has 0 aliphatic carbocycles. The topological polar surface area (TPSA) is 17.8 Å². The van der Waals surface area contributed by atoms with E-state index in [1.54, 1.807) is 0 Å². The minimum Gasteiger partial charge on any atom is -0.296 e. The van der Waals surface area contributed by atoms with Crippen LogP contribution < -0.4 is 0 Å². The molecule has 0 saturated heterocycles. The van der Waals surface area contributed by atoms with Crippen LogP contribution >= 0.6 is 0 Å². The number of hydrogen-bond donors (Lipinski definition) is 0. The van der Waals surface area contributed by atoms with E-state index in [4.69, 9.17) is 4.98 Å². The van der Waals surface area contributed by atoms with E-state index in [2.05, 4.69) is 152 Å². The van der Waals surface area contributed by atoms with Gasteiger partial charge in [-0.1, -0.05) is 110 Å². The lowest BCUT2D eigenvalue weighted by Gasteiger charge is -2.18. The Labute approximate surface area is 245 Å². The number of hydrogen-bond acceptors (Lipinski definition) is 1. The van der Waals surface area contributed by atoms with Crippen molar-refractivity contribution in [3.63, 3.8) is 0 Å². The maximum atomic E-state index is 4.95. The first-order valence-electron chi connectivity index (χ1n) is 14.7. The minimum atomic E-state index is 0.879. The number of benzene rings is 7. The molecule has 0 aliphatic heterocycles. The standard InChI is InChI=1S/C40H30N2/c1-3-38-41-36-23-26(2)17-22-37(36)42(38)31-21-20-28-24-30(19-18-29(28)25-31)40-34-15-9-7-13-32(34)39(27-11-5-4-6-12-27)33-14-8-10-16-35(33)40/h4-25H,3H2,1-2H3. The molecule has 0 radical (unpaired) electrons. The molecule has 0 N–H and O–H groups in total. The number of imidazole rings is 1. The van der Waals surface area contributed by atoms with E-state index >= 15 is 0 Å². The predicted molar refractivity (Wildman–Crippen MR) is 179 cm³/mol. The Hall–Kier alpha value is -5.21. The maximum Gasteiger partial charge on any atom is 0.114 e. The summed E-state index contributed by atoms with van der Waals surface area (Å²) in [5.41, 5.74) is 9.67. The summed E-state index contributed by atoms with van der Waals surface area (Å²) in [7, 11) is 0. The van der Waals surface area contributed by atoms with Crippen molar-refractivity contribution in [2.45, 2.75) is 20.3 Å². The highest BCUT2D eigenvalue weighted by atomic mass is 15.1. The van der Waals surface area contributed by atoms with Gasteiger partial charge in [-0.2, -0.15) is 0 Å². The van der Waals surface area contributed by atoms with Gasteiger partial charge < -0.3 is 0 Å². The first-order valence-corrected chi connectivity index (χ1v) is 14.7. The van der Waals surface area contributed by atoms with E-state index in [9.17, 15) is 0 Å². The van der Waals surface area contributed by atoms with Crippen LogP contribution in [0.5, 0.6) is 0 Å². The summed E-state index contributed by atoms with van der Waals surface area (Å²) >= 11 is 0. The Kier molecular flexibility index (Phi) is 5.68. The van der Waals surface area contributed by atoms with Crippen molar-refractivity contribution >= 4 is 43.4 Å². The summed E-state index contributed by atoms with van der Waals surface area (Å²) in [6.45, 7) is 4.30. The average molecular weight is 539 g/mol. The summed E-state index contributed by atoms with van der Waals surface area (Å²) in [4.78, 5) is 4.95. The highest BCUT2D eigenvalue weighted by molar-refractivity contribution is 6.21. The van der Waals surface area contributed by atoms with Gasteiger partial charge in [-0.05, 0) is 97.4 Å². The quantitative estimate of drug-likeness (QED) is 0.204. The number of rotatable bonds is 4. The Bertz CT molecular complexity index is 2230. The number of aryl methyl sites for hydroxylation is 2. The van der Waals surface area contributed by atoms with Crippen LogP contribution in [0.4, 0.5) is 0 Å². The molecule has 0 amide bonds. The molecule has 0 unspecified atom stereocenters. The summed E-state index contributed by atoms with van der Waals surface area (Å²) in [6.07, 6.45) is 0.879. The van der Waals surface area contributed by atoms with Crippen LogP contribution in [-0.2, 0) is 6.42 Å². The van der Waals surface area contributed by atoms with Gasteiger partial charge in [0.25, 0.3) is 0 Å². The molecule has 8 aromatic rings. The highest BCUT2D eigenvalue weighted by Gasteiger charge is 2.17. The molecule has 0 saturated carbocycles. The van der Waals surface area contributed by atoms with Crippen molar-refractivity contribution in [1.82, 2.24) is 9.55 Å². The van der Waals surface area contributed by atoms with E-state index in [1.165, 1.54) is 60.1 Å². The molecule has 8 rings (SSSR count). The van der Waals surface area contributed by atoms with Gasteiger partial charge in [0, 0.05) is 12.1 Å². The molecule has 42 heavy (non-hydrogen) atoms. The van der Waals surface area contributed by atoms with E-state index in [1.807, 2.05) is 0 Å². The second-order valence-corrected chi connectivity index (χ2v) is 11.2. The molecule has 0 atom stereocenters. The molecule has 0 spiro atoms. The average Bonchev–Trinajstić information content (AvgIpc) is 3.41. The summed E-state index contributed by atoms with van der Waals surface area (Å²) < 4.78 is 2.31. The molecular formula is C40H30N2. The Morgan fingerprint density at radius 1 is 0.548 bits per heavy atom. The largest absolute Gasteiger partial charge is 0.296 e. The fraction of sp³-hybridized carbons (Fsp3) is 0.0750. The van der Waals surface area contributed by atoms with Crippen LogP contribution in [0.25, 0.3) is 71.3 Å². The van der Waals surface area contributed by atoms with Crippen LogP contribution in [0.2, 0.25) is 0 Å². The van der Waals surface area contributed by atoms with Crippen LogP contribution in [0.15, 0.2) is 133 Å². The lowest BCUT2D eigenvalue weighted by Crippen LogP contribution is -2.00. The van der Waals surface area contributed by atoms with Crippen molar-refractivity contribution in [1.29, 1.82) is 0 Å². The fourth-order valence-electron chi connectivity index (χ4n) is 6.65. The minimum absolute atomic E-state index is 0.879. The maximum absolute atomic E-state index is 4.95. The number of aromatic nitrogens is 2. The lowest BCUT2D eigenvalue weighted by atomic mass is 9.85. The second kappa shape index (κ2) is 9.71. The molecular weight excluding hydrogens is 508 g/mol. The number of nitrogens with zero attached hydrogens (tertiary/aromatic N) is 2. The van der Waals surface area contributed by atoms with E-state index in [-0.39, 0.29) is 0 Å². The van der Waals surface area contributed by atoms with Gasteiger partial charge in [0.2, 0.25) is 0 Å². The van der Waals surface area contributed by atoms with E-state index in [0.717, 1.165) is 29.0 Å². The molecule has 1 aromatic heterocycles. The van der Waals surface area contributed by atoms with Gasteiger partial charge in [0.05, 0.1) is 11.0 Å². The zero-order valence-electron chi connectivity index (χ0n) is 23.8. The van der Waals surface area contributed by atoms with E-state index < -0.39 is 0 Å². The first kappa shape index (κ1) is 24.6. The van der Waals surface area contributed by atoms with Crippen molar-refractivity contribution in [2.24, 2.45) is 0 Å². The summed E-state index contributed by atoms with van der Waals surface area (Å²) in [5, 5.41) is 7.57. The Morgan fingerprint density at radius 3 is 1.81 bits per heavy atom. The van der Waals surface area contributed by atoms with Gasteiger partial charge in [-0.25, -0.2) is 4.98 Å². The van der Waals surface area contributed by atoms with Gasteiger partial charge in [0.1, 0.15) is 5.82 Å². The van der Waals surface area contributed by atoms with Gasteiger partial charge >= 0.3 is 0 Å². The van der Waals surface area contributed by atoms with Gasteiger partial charge in [-0.15, -0.1) is 0 Å². The zero-order valence-corrected chi connectivity index (χ0v) is 23.8. The lowest BCUT2D eigenvalue weighted by molar-refractivity contribution is 0.909. The van der Waals surface area contributed by atoms with E-state index in [0.29, 0.717) is 0 Å². The summed E-state index contributed by atoms with van der Waals surface area (Å²) in [6, 6.07) is 48.7. The fourth-order valence-corrected chi connectivity index (χ4v) is 6.65. The molecule has 0 aliphatic rings. The molecule has 0 fully saturated rings. The molecule has 200 valence electrons. The molecule has 7 aromatic carbocycles. The SMILES string of the molecule is CCc1nc2cc(C)ccc2n1-c1ccc2cc(-c3c4ccccc4c(-c4ccccc4)c4ccccc34)ccc2c1. The van der Waals surface area contributed by atoms with Crippen LogP contribution in [0.1, 0.15) is 18.3 Å². The molecule has 2 heteroatoms. The van der Waals surface area contributed by atoms with Crippen LogP contribution in [0.3, 0.4) is 0 Å².